The molecule has 1 saturated carbocycles. The summed E-state index contributed by atoms with van der Waals surface area (Å²) in [5.41, 5.74) is 10.0. The fourth-order valence-corrected chi connectivity index (χ4v) is 4.23. The molecule has 0 saturated heterocycles. The van der Waals surface area contributed by atoms with Crippen molar-refractivity contribution >= 4 is 34.9 Å². The van der Waals surface area contributed by atoms with Gasteiger partial charge in [0, 0.05) is 24.0 Å². The highest BCUT2D eigenvalue weighted by Crippen LogP contribution is 2.27. The first kappa shape index (κ1) is 28.7. The minimum absolute atomic E-state index is 0.200. The van der Waals surface area contributed by atoms with Crippen molar-refractivity contribution in [2.24, 2.45) is 0 Å². The Labute approximate surface area is 229 Å². The van der Waals surface area contributed by atoms with Crippen molar-refractivity contribution in [3.63, 3.8) is 0 Å². The number of nitrogens with two attached hydrogens (primary N) is 1. The minimum Gasteiger partial charge on any atom is -0.496 e. The van der Waals surface area contributed by atoms with Gasteiger partial charge in [-0.05, 0) is 37.5 Å². The van der Waals surface area contributed by atoms with E-state index in [0.717, 1.165) is 24.0 Å². The average molecular weight is 535 g/mol. The Kier molecular flexibility index (Phi) is 10.7. The highest BCUT2D eigenvalue weighted by molar-refractivity contribution is 6.18. The summed E-state index contributed by atoms with van der Waals surface area (Å²) in [6.07, 6.45) is 7.64. The lowest BCUT2D eigenvalue weighted by Crippen LogP contribution is -2.23. The number of halogens is 1. The predicted octanol–water partition coefficient (Wildman–Crippen LogP) is 5.49. The first-order valence-electron chi connectivity index (χ1n) is 12.5. The number of alkyl halides is 1. The molecule has 1 aromatic heterocycles. The van der Waals surface area contributed by atoms with E-state index in [4.69, 9.17) is 27.5 Å². The summed E-state index contributed by atoms with van der Waals surface area (Å²) in [7, 11) is 1.55. The molecule has 0 bridgehead atoms. The maximum Gasteiger partial charge on any atom is 0.255 e. The highest BCUT2D eigenvalue weighted by atomic mass is 35.5. The molecule has 38 heavy (non-hydrogen) atoms. The standard InChI is InChI=1S/C26H30N6O2.C3H5Cl/c1-16-7-12-21(34-2)20(13-16)26(33)29-14-17-8-10-18(11-9-17)23(27)22-24(28)30-15-31-25(22)32-19-5-3-4-6-19;1-2-3-4/h7-13,15,19,27H,3-6,14H2,1-2H3,(H,29,33)(H3,28,30,31,32);2H,1,3H2. The third-order valence-electron chi connectivity index (χ3n) is 6.23. The Bertz CT molecular complexity index is 1260. The van der Waals surface area contributed by atoms with Gasteiger partial charge in [0.05, 0.1) is 23.9 Å². The number of nitrogens with one attached hydrogen (secondary N) is 3. The minimum atomic E-state index is -0.200. The molecule has 8 nitrogen and oxygen atoms in total. The maximum atomic E-state index is 12.7. The second-order valence-corrected chi connectivity index (χ2v) is 9.32. The number of benzene rings is 2. The first-order valence-corrected chi connectivity index (χ1v) is 13.1. The quantitative estimate of drug-likeness (QED) is 0.163. The van der Waals surface area contributed by atoms with Gasteiger partial charge in [-0.25, -0.2) is 9.97 Å². The number of allylic oxidation sites excluding steroid dienone is 1. The van der Waals surface area contributed by atoms with Gasteiger partial charge < -0.3 is 21.1 Å². The molecule has 0 radical (unpaired) electrons. The topological polar surface area (TPSA) is 126 Å². The van der Waals surface area contributed by atoms with Crippen LogP contribution in [0, 0.1) is 12.3 Å². The summed E-state index contributed by atoms with van der Waals surface area (Å²) in [6.45, 7) is 5.64. The van der Waals surface area contributed by atoms with Gasteiger partial charge in [-0.1, -0.05) is 54.8 Å². The van der Waals surface area contributed by atoms with Crippen LogP contribution in [-0.4, -0.2) is 40.6 Å². The third-order valence-corrected chi connectivity index (χ3v) is 6.45. The Morgan fingerprint density at radius 1 is 1.21 bits per heavy atom. The van der Waals surface area contributed by atoms with Crippen molar-refractivity contribution in [3.8, 4) is 5.75 Å². The van der Waals surface area contributed by atoms with Crippen molar-refractivity contribution in [1.29, 1.82) is 5.41 Å². The van der Waals surface area contributed by atoms with E-state index in [-0.39, 0.29) is 17.4 Å². The average Bonchev–Trinajstić information content (AvgIpc) is 3.45. The van der Waals surface area contributed by atoms with Gasteiger partial charge in [0.2, 0.25) is 0 Å². The van der Waals surface area contributed by atoms with E-state index < -0.39 is 0 Å². The number of hydrogen-bond donors (Lipinski definition) is 4. The zero-order valence-corrected chi connectivity index (χ0v) is 22.6. The summed E-state index contributed by atoms with van der Waals surface area (Å²) >= 11 is 5.07. The number of methoxy groups -OCH3 is 1. The number of hydrogen-bond acceptors (Lipinski definition) is 7. The number of carbonyl (C=O) groups is 1. The number of carbonyl (C=O) groups excluding carboxylic acids is 1. The molecule has 1 fully saturated rings. The smallest absolute Gasteiger partial charge is 0.255 e. The van der Waals surface area contributed by atoms with Gasteiger partial charge in [0.15, 0.2) is 0 Å². The Morgan fingerprint density at radius 2 is 1.89 bits per heavy atom. The van der Waals surface area contributed by atoms with Crippen molar-refractivity contribution in [2.45, 2.75) is 45.2 Å². The molecule has 0 spiro atoms. The van der Waals surface area contributed by atoms with Crippen LogP contribution < -0.4 is 21.1 Å². The Balaban J connectivity index is 0.000000934. The zero-order chi connectivity index (χ0) is 27.5. The van der Waals surface area contributed by atoms with Gasteiger partial charge in [-0.15, -0.1) is 18.2 Å². The fourth-order valence-electron chi connectivity index (χ4n) is 4.23. The Morgan fingerprint density at radius 3 is 2.53 bits per heavy atom. The number of aryl methyl sites for hydroxylation is 1. The SMILES string of the molecule is C=CCCl.COc1ccc(C)cc1C(=O)NCc1ccc(C(=N)c2c(N)ncnc2NC2CCCC2)cc1. The number of nitrogen functional groups attached to an aromatic ring is 1. The predicted molar refractivity (Wildman–Crippen MR) is 155 cm³/mol. The van der Waals surface area contributed by atoms with Crippen molar-refractivity contribution in [2.75, 3.05) is 24.0 Å². The zero-order valence-electron chi connectivity index (χ0n) is 21.9. The number of aromatic nitrogens is 2. The number of amides is 1. The summed E-state index contributed by atoms with van der Waals surface area (Å²) < 4.78 is 5.31. The van der Waals surface area contributed by atoms with Crippen molar-refractivity contribution in [1.82, 2.24) is 15.3 Å². The second-order valence-electron chi connectivity index (χ2n) is 9.01. The van der Waals surface area contributed by atoms with E-state index in [0.29, 0.717) is 46.7 Å². The molecule has 5 N–H and O–H groups in total. The summed E-state index contributed by atoms with van der Waals surface area (Å²) in [6, 6.07) is 13.3. The molecule has 0 aliphatic heterocycles. The van der Waals surface area contributed by atoms with E-state index in [1.165, 1.54) is 19.2 Å². The van der Waals surface area contributed by atoms with Crippen LogP contribution >= 0.6 is 11.6 Å². The number of anilines is 2. The van der Waals surface area contributed by atoms with Crippen LogP contribution in [0.5, 0.6) is 5.75 Å². The molecule has 0 unspecified atom stereocenters. The monoisotopic (exact) mass is 534 g/mol. The van der Waals surface area contributed by atoms with Gasteiger partial charge in [-0.3, -0.25) is 10.2 Å². The van der Waals surface area contributed by atoms with Gasteiger partial charge in [-0.2, -0.15) is 0 Å². The normalized spacial score (nSPS) is 12.7. The fraction of sp³-hybridized carbons (Fsp3) is 0.310. The second kappa shape index (κ2) is 14.1. The van der Waals surface area contributed by atoms with Crippen LogP contribution in [0.1, 0.15) is 58.3 Å². The van der Waals surface area contributed by atoms with Gasteiger partial charge in [0.25, 0.3) is 5.91 Å². The molecule has 9 heteroatoms. The summed E-state index contributed by atoms with van der Waals surface area (Å²) in [4.78, 5) is 21.1. The molecule has 1 amide bonds. The van der Waals surface area contributed by atoms with Crippen molar-refractivity contribution in [3.05, 3.63) is 89.3 Å². The molecular formula is C29H35ClN6O2. The van der Waals surface area contributed by atoms with Crippen LogP contribution in [0.4, 0.5) is 11.6 Å². The lowest BCUT2D eigenvalue weighted by Gasteiger charge is -2.17. The number of rotatable bonds is 9. The van der Waals surface area contributed by atoms with E-state index >= 15 is 0 Å². The van der Waals surface area contributed by atoms with Crippen LogP contribution in [0.2, 0.25) is 0 Å². The lowest BCUT2D eigenvalue weighted by molar-refractivity contribution is 0.0947. The largest absolute Gasteiger partial charge is 0.496 e. The first-order chi connectivity index (χ1) is 18.4. The van der Waals surface area contributed by atoms with E-state index in [9.17, 15) is 4.79 Å². The molecule has 200 valence electrons. The molecule has 2 aromatic carbocycles. The van der Waals surface area contributed by atoms with Crippen LogP contribution in [0.15, 0.2) is 61.4 Å². The maximum absolute atomic E-state index is 12.7. The molecular weight excluding hydrogens is 500 g/mol. The molecule has 1 heterocycles. The van der Waals surface area contributed by atoms with Gasteiger partial charge >= 0.3 is 0 Å². The lowest BCUT2D eigenvalue weighted by atomic mass is 10.0. The molecule has 1 aliphatic rings. The number of nitrogens with zero attached hydrogens (tertiary/aromatic N) is 2. The molecule has 1 aliphatic carbocycles. The third kappa shape index (κ3) is 7.55. The molecule has 4 rings (SSSR count). The van der Waals surface area contributed by atoms with Crippen LogP contribution in [-0.2, 0) is 6.54 Å². The van der Waals surface area contributed by atoms with Crippen LogP contribution in [0.25, 0.3) is 0 Å². The Hall–Kier alpha value is -3.91. The molecule has 3 aromatic rings. The summed E-state index contributed by atoms with van der Waals surface area (Å²) in [5, 5.41) is 15.1. The van der Waals surface area contributed by atoms with Crippen LogP contribution in [0.3, 0.4) is 0 Å². The summed E-state index contributed by atoms with van der Waals surface area (Å²) in [5.74, 6) is 1.78. The van der Waals surface area contributed by atoms with Crippen molar-refractivity contribution < 1.29 is 9.53 Å². The number of ether oxygens (including phenoxy) is 1. The van der Waals surface area contributed by atoms with Gasteiger partial charge in [0.1, 0.15) is 23.7 Å². The van der Waals surface area contributed by atoms with E-state index in [2.05, 4.69) is 27.2 Å². The van der Waals surface area contributed by atoms with E-state index in [1.54, 1.807) is 19.3 Å². The highest BCUT2D eigenvalue weighted by Gasteiger charge is 2.21. The van der Waals surface area contributed by atoms with E-state index in [1.807, 2.05) is 43.3 Å². The molecule has 0 atom stereocenters.